The normalized spacial score (nSPS) is 16.6. The number of unbranched alkanes of at least 4 members (excludes halogenated alkanes) is 1. The summed E-state index contributed by atoms with van der Waals surface area (Å²) in [5.41, 5.74) is 22.7. The highest BCUT2D eigenvalue weighted by Crippen LogP contribution is 2.21. The molecule has 1 aliphatic heterocycles. The van der Waals surface area contributed by atoms with Gasteiger partial charge in [0, 0.05) is 25.8 Å². The summed E-state index contributed by atoms with van der Waals surface area (Å²) in [5, 5.41) is 41.2. The van der Waals surface area contributed by atoms with E-state index in [0.717, 1.165) is 0 Å². The average Bonchev–Trinajstić information content (AvgIpc) is 3.70. The topological polar surface area (TPSA) is 382 Å². The van der Waals surface area contributed by atoms with Crippen molar-refractivity contribution in [3.05, 3.63) is 29.8 Å². The Morgan fingerprint density at radius 3 is 1.82 bits per heavy atom. The van der Waals surface area contributed by atoms with E-state index < -0.39 is 102 Å². The Kier molecular flexibility index (Phi) is 21.6. The van der Waals surface area contributed by atoms with Crippen LogP contribution in [-0.2, 0) is 49.6 Å². The number of carbonyl (C=O) groups is 9. The summed E-state index contributed by atoms with van der Waals surface area (Å²) >= 11 is 0. The predicted octanol–water partition coefficient (Wildman–Crippen LogP) is -3.54. The SMILES string of the molecule is CC(C)C[C@H](NC(=O)[C@@H](N)CCC(N)=O)C(=O)N[C@@H](CCC(N)=O)C(=O)N[C@@H](CCCCN)C(=O)N[C@@H](Cc1ccc(O)cc1)C(=O)N1CCC[C@H]1C(=O)N[C@@H](CO)C(=O)O. The molecule has 1 aromatic carbocycles. The second-order valence-electron chi connectivity index (χ2n) is 15.4. The summed E-state index contributed by atoms with van der Waals surface area (Å²) in [6.07, 6.45) is 0.339. The maximum absolute atomic E-state index is 14.2. The molecule has 7 atom stereocenters. The fraction of sp³-hybridized carbons (Fsp3) is 0.615. The zero-order valence-corrected chi connectivity index (χ0v) is 34.6. The zero-order chi connectivity index (χ0) is 45.8. The van der Waals surface area contributed by atoms with Crippen LogP contribution in [-0.4, -0.2) is 135 Å². The van der Waals surface area contributed by atoms with Crippen molar-refractivity contribution >= 4 is 53.2 Å². The summed E-state index contributed by atoms with van der Waals surface area (Å²) in [6.45, 7) is 2.99. The third kappa shape index (κ3) is 17.7. The molecule has 0 radical (unpaired) electrons. The minimum atomic E-state index is -1.62. The molecular formula is C39H62N10O12. The molecule has 61 heavy (non-hydrogen) atoms. The van der Waals surface area contributed by atoms with Crippen molar-refractivity contribution in [2.24, 2.45) is 28.9 Å². The number of aliphatic hydroxyl groups is 1. The molecule has 0 saturated carbocycles. The lowest BCUT2D eigenvalue weighted by molar-refractivity contribution is -0.145. The summed E-state index contributed by atoms with van der Waals surface area (Å²) in [6, 6.07) is -3.50. The molecule has 1 aliphatic rings. The number of carboxylic acids is 1. The number of carboxylic acid groups (broad SMARTS) is 1. The van der Waals surface area contributed by atoms with Crippen molar-refractivity contribution < 1.29 is 58.5 Å². The highest BCUT2D eigenvalue weighted by molar-refractivity contribution is 5.97. The molecule has 0 unspecified atom stereocenters. The quantitative estimate of drug-likeness (QED) is 0.0382. The molecule has 0 spiro atoms. The van der Waals surface area contributed by atoms with E-state index >= 15 is 0 Å². The largest absolute Gasteiger partial charge is 0.508 e. The number of nitrogens with two attached hydrogens (primary N) is 4. The standard InChI is InChI=1S/C39H62N10O12/c1-21(2)18-27(46-33(54)24(41)12-14-31(42)52)36(57)45-26(13-15-32(43)53)35(56)44-25(6-3-4-16-40)34(55)47-28(19-22-8-10-23(51)11-9-22)38(59)49-17-5-7-30(49)37(58)48-29(20-50)39(60)61/h8-11,21,24-30,50-51H,3-7,12-20,40-41H2,1-2H3,(H2,42,52)(H2,43,53)(H,44,56)(H,45,57)(H,46,54)(H,47,55)(H,48,58)(H,60,61)/t24-,25-,26-,27-,28-,29-,30-/m0/s1. The van der Waals surface area contributed by atoms with Crippen LogP contribution in [0.4, 0.5) is 0 Å². The number of hydrogen-bond donors (Lipinski definition) is 12. The summed E-state index contributed by atoms with van der Waals surface area (Å²) in [7, 11) is 0. The van der Waals surface area contributed by atoms with Crippen LogP contribution in [0.2, 0.25) is 0 Å². The van der Waals surface area contributed by atoms with Crippen molar-refractivity contribution in [3.63, 3.8) is 0 Å². The Hall–Kier alpha value is -5.87. The lowest BCUT2D eigenvalue weighted by atomic mass is 10.0. The maximum atomic E-state index is 14.2. The van der Waals surface area contributed by atoms with Crippen molar-refractivity contribution in [2.75, 3.05) is 19.7 Å². The predicted molar refractivity (Wildman–Crippen MR) is 218 cm³/mol. The Morgan fingerprint density at radius 1 is 0.738 bits per heavy atom. The molecule has 1 aromatic rings. The highest BCUT2D eigenvalue weighted by Gasteiger charge is 2.40. The van der Waals surface area contributed by atoms with Gasteiger partial charge in [-0.05, 0) is 81.5 Å². The van der Waals surface area contributed by atoms with Gasteiger partial charge in [-0.2, -0.15) is 0 Å². The lowest BCUT2D eigenvalue weighted by Crippen LogP contribution is -2.60. The van der Waals surface area contributed by atoms with E-state index in [1.807, 2.05) is 0 Å². The Bertz CT molecular complexity index is 1690. The number of phenols is 1. The number of rotatable bonds is 27. The number of amides is 8. The van der Waals surface area contributed by atoms with Crippen LogP contribution >= 0.6 is 0 Å². The van der Waals surface area contributed by atoms with Gasteiger partial charge in [0.15, 0.2) is 0 Å². The van der Waals surface area contributed by atoms with Crippen LogP contribution in [0, 0.1) is 5.92 Å². The van der Waals surface area contributed by atoms with E-state index in [-0.39, 0.29) is 76.1 Å². The summed E-state index contributed by atoms with van der Waals surface area (Å²) < 4.78 is 0. The third-order valence-electron chi connectivity index (χ3n) is 9.90. The molecular weight excluding hydrogens is 800 g/mol. The lowest BCUT2D eigenvalue weighted by Gasteiger charge is -2.31. The molecule has 0 aromatic heterocycles. The van der Waals surface area contributed by atoms with E-state index in [9.17, 15) is 58.5 Å². The second kappa shape index (κ2) is 25.7. The first kappa shape index (κ1) is 51.3. The zero-order valence-electron chi connectivity index (χ0n) is 34.6. The third-order valence-corrected chi connectivity index (χ3v) is 9.90. The molecule has 0 aliphatic carbocycles. The molecule has 22 nitrogen and oxygen atoms in total. The maximum Gasteiger partial charge on any atom is 0.328 e. The van der Waals surface area contributed by atoms with E-state index in [4.69, 9.17) is 22.9 Å². The second-order valence-corrected chi connectivity index (χ2v) is 15.4. The van der Waals surface area contributed by atoms with Crippen LogP contribution in [0.15, 0.2) is 24.3 Å². The molecule has 1 saturated heterocycles. The van der Waals surface area contributed by atoms with Gasteiger partial charge in [0.1, 0.15) is 42.0 Å². The number of nitrogens with one attached hydrogen (secondary N) is 5. The number of aromatic hydroxyl groups is 1. The van der Waals surface area contributed by atoms with Crippen molar-refractivity contribution in [1.29, 1.82) is 0 Å². The first-order valence-corrected chi connectivity index (χ1v) is 20.2. The number of nitrogens with zero attached hydrogens (tertiary/aromatic N) is 1. The van der Waals surface area contributed by atoms with Gasteiger partial charge >= 0.3 is 5.97 Å². The first-order valence-electron chi connectivity index (χ1n) is 20.2. The molecule has 22 heteroatoms. The number of likely N-dealkylation sites (tertiary alicyclic amines) is 1. The molecule has 0 bridgehead atoms. The van der Waals surface area contributed by atoms with Crippen LogP contribution < -0.4 is 49.5 Å². The van der Waals surface area contributed by atoms with Crippen LogP contribution in [0.3, 0.4) is 0 Å². The average molecular weight is 863 g/mol. The molecule has 1 heterocycles. The molecule has 340 valence electrons. The summed E-state index contributed by atoms with van der Waals surface area (Å²) in [5.74, 6) is -7.97. The van der Waals surface area contributed by atoms with Gasteiger partial charge in [0.05, 0.1) is 12.6 Å². The van der Waals surface area contributed by atoms with E-state index in [1.54, 1.807) is 13.8 Å². The van der Waals surface area contributed by atoms with Gasteiger partial charge in [-0.25, -0.2) is 4.79 Å². The Labute approximate surface area is 353 Å². The smallest absolute Gasteiger partial charge is 0.328 e. The highest BCUT2D eigenvalue weighted by atomic mass is 16.4. The number of carbonyl (C=O) groups excluding carboxylic acids is 8. The van der Waals surface area contributed by atoms with Gasteiger partial charge in [-0.15, -0.1) is 0 Å². The van der Waals surface area contributed by atoms with Gasteiger partial charge in [-0.3, -0.25) is 38.4 Å². The van der Waals surface area contributed by atoms with Crippen LogP contribution in [0.25, 0.3) is 0 Å². The van der Waals surface area contributed by atoms with Gasteiger partial charge in [-0.1, -0.05) is 26.0 Å². The molecule has 8 amide bonds. The molecule has 2 rings (SSSR count). The van der Waals surface area contributed by atoms with Crippen molar-refractivity contribution in [2.45, 2.75) is 127 Å². The van der Waals surface area contributed by atoms with Crippen LogP contribution in [0.1, 0.15) is 83.6 Å². The minimum absolute atomic E-state index is 0.00703. The fourth-order valence-electron chi connectivity index (χ4n) is 6.57. The van der Waals surface area contributed by atoms with Gasteiger partial charge in [0.25, 0.3) is 0 Å². The number of phenolic OH excluding ortho intramolecular Hbond substituents is 1. The monoisotopic (exact) mass is 862 g/mol. The van der Waals surface area contributed by atoms with Gasteiger partial charge in [0.2, 0.25) is 47.3 Å². The number of hydrogen-bond acceptors (Lipinski definition) is 13. The van der Waals surface area contributed by atoms with E-state index in [1.165, 1.54) is 29.2 Å². The summed E-state index contributed by atoms with van der Waals surface area (Å²) in [4.78, 5) is 118. The number of primary amides is 2. The Morgan fingerprint density at radius 2 is 1.28 bits per heavy atom. The molecule has 16 N–H and O–H groups in total. The first-order chi connectivity index (χ1) is 28.8. The van der Waals surface area contributed by atoms with Gasteiger partial charge < -0.3 is 69.7 Å². The van der Waals surface area contributed by atoms with Crippen molar-refractivity contribution in [3.8, 4) is 5.75 Å². The minimum Gasteiger partial charge on any atom is -0.508 e. The van der Waals surface area contributed by atoms with Crippen molar-refractivity contribution in [1.82, 2.24) is 31.5 Å². The Balaban J connectivity index is 2.42. The number of aliphatic carboxylic acids is 1. The fourth-order valence-corrected chi connectivity index (χ4v) is 6.57. The number of aliphatic hydroxyl groups excluding tert-OH is 1. The van der Waals surface area contributed by atoms with Crippen LogP contribution in [0.5, 0.6) is 5.75 Å². The van der Waals surface area contributed by atoms with E-state index in [0.29, 0.717) is 24.8 Å². The van der Waals surface area contributed by atoms with E-state index in [2.05, 4.69) is 26.6 Å². The number of benzene rings is 1. The molecule has 1 fully saturated rings.